The zero-order valence-electron chi connectivity index (χ0n) is 17.1. The maximum absolute atomic E-state index is 14.9. The van der Waals surface area contributed by atoms with E-state index in [9.17, 15) is 14.0 Å². The van der Waals surface area contributed by atoms with Crippen molar-refractivity contribution in [2.24, 2.45) is 12.8 Å². The van der Waals surface area contributed by atoms with Crippen LogP contribution in [0.5, 0.6) is 0 Å². The quantitative estimate of drug-likeness (QED) is 0.537. The van der Waals surface area contributed by atoms with Crippen LogP contribution in [0, 0.1) is 5.82 Å². The number of esters is 1. The number of carbonyl (C=O) groups is 2. The van der Waals surface area contributed by atoms with Crippen molar-refractivity contribution in [3.05, 3.63) is 42.3 Å². The number of carbonyl (C=O) groups excluding carboxylic acids is 2. The zero-order chi connectivity index (χ0) is 22.7. The highest BCUT2D eigenvalue weighted by molar-refractivity contribution is 5.90. The summed E-state index contributed by atoms with van der Waals surface area (Å²) in [4.78, 5) is 28.9. The molecule has 1 saturated heterocycles. The van der Waals surface area contributed by atoms with Gasteiger partial charge in [0.05, 0.1) is 25.4 Å². The molecule has 166 valence electrons. The average molecular weight is 441 g/mol. The molecule has 0 radical (unpaired) electrons. The fourth-order valence-electron chi connectivity index (χ4n) is 3.28. The number of hydrogen-bond acceptors (Lipinski definition) is 9. The van der Waals surface area contributed by atoms with Gasteiger partial charge in [0, 0.05) is 30.8 Å². The monoisotopic (exact) mass is 441 g/mol. The molecule has 2 aromatic heterocycles. The summed E-state index contributed by atoms with van der Waals surface area (Å²) in [5.74, 6) is -0.544. The van der Waals surface area contributed by atoms with Crippen LogP contribution < -0.4 is 10.6 Å². The molecular weight excluding hydrogens is 421 g/mol. The Labute approximate surface area is 181 Å². The number of nitrogens with zero attached hydrogens (tertiary/aromatic N) is 6. The van der Waals surface area contributed by atoms with E-state index in [0.29, 0.717) is 34.8 Å². The molecule has 32 heavy (non-hydrogen) atoms. The van der Waals surface area contributed by atoms with E-state index in [2.05, 4.69) is 20.5 Å². The van der Waals surface area contributed by atoms with Gasteiger partial charge in [-0.2, -0.15) is 0 Å². The van der Waals surface area contributed by atoms with Crippen molar-refractivity contribution < 1.29 is 23.5 Å². The number of nitrogens with two attached hydrogens (primary N) is 1. The molecule has 11 nitrogen and oxygen atoms in total. The van der Waals surface area contributed by atoms with Gasteiger partial charge in [-0.25, -0.2) is 13.9 Å². The highest BCUT2D eigenvalue weighted by Gasteiger charge is 2.32. The van der Waals surface area contributed by atoms with Crippen LogP contribution in [0.3, 0.4) is 0 Å². The van der Waals surface area contributed by atoms with E-state index >= 15 is 0 Å². The zero-order valence-corrected chi connectivity index (χ0v) is 17.1. The van der Waals surface area contributed by atoms with Crippen molar-refractivity contribution in [3.8, 4) is 22.6 Å². The molecule has 1 atom stereocenters. The molecule has 2 N–H and O–H groups in total. The summed E-state index contributed by atoms with van der Waals surface area (Å²) in [6, 6.07) is 7.91. The molecule has 3 aromatic rings. The van der Waals surface area contributed by atoms with Gasteiger partial charge in [0.15, 0.2) is 5.82 Å². The van der Waals surface area contributed by atoms with Crippen LogP contribution in [0.4, 0.5) is 14.9 Å². The normalized spacial score (nSPS) is 15.7. The number of cyclic esters (lactones) is 1. The highest BCUT2D eigenvalue weighted by Crippen LogP contribution is 2.30. The first-order valence-corrected chi connectivity index (χ1v) is 9.79. The topological polar surface area (TPSA) is 138 Å². The molecule has 12 heteroatoms. The Bertz CT molecular complexity index is 1140. The van der Waals surface area contributed by atoms with Crippen LogP contribution in [0.25, 0.3) is 22.6 Å². The Morgan fingerprint density at radius 2 is 2.19 bits per heavy atom. The number of aryl methyl sites for hydroxylation is 1. The number of ether oxygens (including phenoxy) is 2. The number of benzene rings is 1. The lowest BCUT2D eigenvalue weighted by Crippen LogP contribution is -2.25. The molecule has 4 rings (SSSR count). The maximum atomic E-state index is 14.9. The summed E-state index contributed by atoms with van der Waals surface area (Å²) in [6.45, 7) is 0.0974. The first-order chi connectivity index (χ1) is 15.5. The lowest BCUT2D eigenvalue weighted by molar-refractivity contribution is -0.142. The Morgan fingerprint density at radius 3 is 2.84 bits per heavy atom. The largest absolute Gasteiger partial charge is 0.465 e. The number of tetrazole rings is 1. The number of hydrogen-bond donors (Lipinski definition) is 1. The van der Waals surface area contributed by atoms with Gasteiger partial charge in [-0.1, -0.05) is 6.07 Å². The predicted octanol–water partition coefficient (Wildman–Crippen LogP) is 1.30. The van der Waals surface area contributed by atoms with Crippen molar-refractivity contribution >= 4 is 17.7 Å². The number of pyridine rings is 1. The van der Waals surface area contributed by atoms with E-state index < -0.39 is 24.0 Å². The van der Waals surface area contributed by atoms with E-state index in [1.165, 1.54) is 21.8 Å². The third-order valence-electron chi connectivity index (χ3n) is 4.93. The fourth-order valence-corrected chi connectivity index (χ4v) is 3.28. The van der Waals surface area contributed by atoms with Gasteiger partial charge >= 0.3 is 12.1 Å². The molecular formula is C20H20FN7O4. The van der Waals surface area contributed by atoms with Crippen LogP contribution in [-0.4, -0.2) is 63.1 Å². The van der Waals surface area contributed by atoms with E-state index in [4.69, 9.17) is 15.2 Å². The van der Waals surface area contributed by atoms with Crippen LogP contribution in [0.2, 0.25) is 0 Å². The molecule has 1 aromatic carbocycles. The van der Waals surface area contributed by atoms with Crippen LogP contribution >= 0.6 is 0 Å². The Morgan fingerprint density at radius 1 is 1.34 bits per heavy atom. The van der Waals surface area contributed by atoms with E-state index in [0.717, 1.165) is 0 Å². The van der Waals surface area contributed by atoms with Crippen molar-refractivity contribution in [2.75, 3.05) is 24.6 Å². The second-order valence-corrected chi connectivity index (χ2v) is 7.05. The lowest BCUT2D eigenvalue weighted by atomic mass is 10.1. The molecule has 1 amide bonds. The first kappa shape index (κ1) is 21.3. The summed E-state index contributed by atoms with van der Waals surface area (Å²) < 4.78 is 26.5. The molecule has 1 aliphatic heterocycles. The minimum Gasteiger partial charge on any atom is -0.465 e. The molecule has 3 heterocycles. The summed E-state index contributed by atoms with van der Waals surface area (Å²) >= 11 is 0. The SMILES string of the molecule is Cn1nnnc1-c1ccc(-c2ccc(N3C[C@@H](CCOC(=O)CN)OC3=O)cc2F)cn1. The minimum atomic E-state index is -0.587. The number of anilines is 1. The van der Waals surface area contributed by atoms with Crippen LogP contribution in [-0.2, 0) is 21.3 Å². The van der Waals surface area contributed by atoms with Crippen molar-refractivity contribution in [2.45, 2.75) is 12.5 Å². The third kappa shape index (κ3) is 4.39. The molecule has 1 fully saturated rings. The van der Waals surface area contributed by atoms with Gasteiger partial charge in [-0.15, -0.1) is 5.10 Å². The number of amides is 1. The predicted molar refractivity (Wildman–Crippen MR) is 110 cm³/mol. The first-order valence-electron chi connectivity index (χ1n) is 9.79. The lowest BCUT2D eigenvalue weighted by Gasteiger charge is -2.14. The van der Waals surface area contributed by atoms with Crippen LogP contribution in [0.15, 0.2) is 36.5 Å². The van der Waals surface area contributed by atoms with Crippen molar-refractivity contribution in [1.82, 2.24) is 25.2 Å². The van der Waals surface area contributed by atoms with Crippen molar-refractivity contribution in [3.63, 3.8) is 0 Å². The van der Waals surface area contributed by atoms with E-state index in [-0.39, 0.29) is 19.7 Å². The number of halogens is 1. The Hall–Kier alpha value is -3.93. The van der Waals surface area contributed by atoms with Crippen LogP contribution in [0.1, 0.15) is 6.42 Å². The molecule has 0 saturated carbocycles. The molecule has 0 aliphatic carbocycles. The Balaban J connectivity index is 1.45. The van der Waals surface area contributed by atoms with E-state index in [1.807, 2.05) is 0 Å². The number of rotatable bonds is 7. The smallest absolute Gasteiger partial charge is 0.414 e. The number of aromatic nitrogens is 5. The van der Waals surface area contributed by atoms with Gasteiger partial charge in [0.25, 0.3) is 0 Å². The van der Waals surface area contributed by atoms with Crippen molar-refractivity contribution in [1.29, 1.82) is 0 Å². The summed E-state index contributed by atoms with van der Waals surface area (Å²) in [5, 5.41) is 11.2. The average Bonchev–Trinajstić information content (AvgIpc) is 3.39. The molecule has 0 bridgehead atoms. The molecule has 0 unspecified atom stereocenters. The Kier molecular flexibility index (Phi) is 6.03. The second-order valence-electron chi connectivity index (χ2n) is 7.05. The standard InChI is InChI=1S/C20H20FN7O4/c1-27-19(24-25-26-27)17-5-2-12(10-23-17)15-4-3-13(8-16(15)21)28-11-14(32-20(28)30)6-7-31-18(29)9-22/h2-5,8,10,14H,6-7,9,11,22H2,1H3/t14-/m1/s1. The van der Waals surface area contributed by atoms with Gasteiger partial charge in [-0.3, -0.25) is 14.7 Å². The summed E-state index contributed by atoms with van der Waals surface area (Å²) in [6.07, 6.45) is 0.802. The minimum absolute atomic E-state index is 0.0858. The van der Waals surface area contributed by atoms with Gasteiger partial charge < -0.3 is 15.2 Å². The summed E-state index contributed by atoms with van der Waals surface area (Å²) in [5.41, 5.74) is 7.00. The second kappa shape index (κ2) is 9.06. The molecule has 1 aliphatic rings. The van der Waals surface area contributed by atoms with E-state index in [1.54, 1.807) is 31.3 Å². The highest BCUT2D eigenvalue weighted by atomic mass is 19.1. The maximum Gasteiger partial charge on any atom is 0.414 e. The van der Waals surface area contributed by atoms with Gasteiger partial charge in [0.2, 0.25) is 0 Å². The summed E-state index contributed by atoms with van der Waals surface area (Å²) in [7, 11) is 1.70. The van der Waals surface area contributed by atoms with Gasteiger partial charge in [0.1, 0.15) is 17.6 Å². The fraction of sp³-hybridized carbons (Fsp3) is 0.300. The third-order valence-corrected chi connectivity index (χ3v) is 4.93. The molecule has 0 spiro atoms. The van der Waals surface area contributed by atoms with Gasteiger partial charge in [-0.05, 0) is 34.7 Å².